The monoisotopic (exact) mass is 311 g/mol. The predicted octanol–water partition coefficient (Wildman–Crippen LogP) is 3.67. The zero-order valence-corrected chi connectivity index (χ0v) is 14.1. The molecule has 3 N–H and O–H groups in total. The molecule has 0 heterocycles. The Morgan fingerprint density at radius 1 is 1.13 bits per heavy atom. The number of amides is 1. The Hall–Kier alpha value is -2.33. The van der Waals surface area contributed by atoms with Crippen LogP contribution >= 0.6 is 0 Å². The van der Waals surface area contributed by atoms with Crippen LogP contribution in [0.3, 0.4) is 0 Å². The lowest BCUT2D eigenvalue weighted by molar-refractivity contribution is 0.102. The quantitative estimate of drug-likeness (QED) is 0.800. The molecule has 4 heteroatoms. The van der Waals surface area contributed by atoms with Crippen LogP contribution in [0, 0.1) is 6.92 Å². The molecule has 0 unspecified atom stereocenters. The van der Waals surface area contributed by atoms with Crippen LogP contribution in [0.25, 0.3) is 0 Å². The molecular formula is C19H25N3O. The first-order chi connectivity index (χ1) is 11.0. The van der Waals surface area contributed by atoms with Gasteiger partial charge < -0.3 is 11.1 Å². The van der Waals surface area contributed by atoms with Crippen molar-refractivity contribution in [3.8, 4) is 0 Å². The first kappa shape index (κ1) is 17.0. The molecule has 0 saturated carbocycles. The van der Waals surface area contributed by atoms with Crippen molar-refractivity contribution >= 4 is 17.3 Å². The van der Waals surface area contributed by atoms with E-state index >= 15 is 0 Å². The summed E-state index contributed by atoms with van der Waals surface area (Å²) in [4.78, 5) is 14.8. The molecule has 0 aromatic heterocycles. The third kappa shape index (κ3) is 4.57. The second-order valence-corrected chi connectivity index (χ2v) is 5.69. The summed E-state index contributed by atoms with van der Waals surface area (Å²) in [6.07, 6.45) is 0. The second-order valence-electron chi connectivity index (χ2n) is 5.69. The summed E-state index contributed by atoms with van der Waals surface area (Å²) >= 11 is 0. The SMILES string of the molecule is CCN(CC)Cc1cccc(NC(=O)c2cc(N)ccc2C)c1. The van der Waals surface area contributed by atoms with Crippen LogP contribution in [0.15, 0.2) is 42.5 Å². The first-order valence-corrected chi connectivity index (χ1v) is 8.02. The van der Waals surface area contributed by atoms with Gasteiger partial charge in [-0.15, -0.1) is 0 Å². The summed E-state index contributed by atoms with van der Waals surface area (Å²) in [5.41, 5.74) is 9.90. The van der Waals surface area contributed by atoms with Gasteiger partial charge in [0.2, 0.25) is 0 Å². The van der Waals surface area contributed by atoms with Crippen molar-refractivity contribution in [3.63, 3.8) is 0 Å². The van der Waals surface area contributed by atoms with Crippen molar-refractivity contribution in [2.24, 2.45) is 0 Å². The van der Waals surface area contributed by atoms with E-state index in [1.165, 1.54) is 5.56 Å². The van der Waals surface area contributed by atoms with E-state index in [9.17, 15) is 4.79 Å². The van der Waals surface area contributed by atoms with Crippen molar-refractivity contribution in [3.05, 3.63) is 59.2 Å². The van der Waals surface area contributed by atoms with E-state index in [-0.39, 0.29) is 5.91 Å². The Balaban J connectivity index is 2.13. The van der Waals surface area contributed by atoms with Gasteiger partial charge in [-0.25, -0.2) is 0 Å². The minimum Gasteiger partial charge on any atom is -0.399 e. The summed E-state index contributed by atoms with van der Waals surface area (Å²) in [7, 11) is 0. The fourth-order valence-electron chi connectivity index (χ4n) is 2.54. The lowest BCUT2D eigenvalue weighted by atomic mass is 10.1. The molecule has 122 valence electrons. The molecule has 4 nitrogen and oxygen atoms in total. The summed E-state index contributed by atoms with van der Waals surface area (Å²) in [6.45, 7) is 9.11. The Labute approximate surface area is 138 Å². The first-order valence-electron chi connectivity index (χ1n) is 8.02. The maximum atomic E-state index is 12.5. The highest BCUT2D eigenvalue weighted by Gasteiger charge is 2.10. The molecule has 0 atom stereocenters. The molecule has 23 heavy (non-hydrogen) atoms. The van der Waals surface area contributed by atoms with E-state index in [1.807, 2.05) is 31.2 Å². The average molecular weight is 311 g/mol. The van der Waals surface area contributed by atoms with Gasteiger partial charge in [-0.05, 0) is 55.4 Å². The summed E-state index contributed by atoms with van der Waals surface area (Å²) in [6, 6.07) is 13.4. The van der Waals surface area contributed by atoms with E-state index in [4.69, 9.17) is 5.73 Å². The number of rotatable bonds is 6. The molecule has 2 aromatic rings. The van der Waals surface area contributed by atoms with Gasteiger partial charge in [0.1, 0.15) is 0 Å². The van der Waals surface area contributed by atoms with E-state index < -0.39 is 0 Å². The van der Waals surface area contributed by atoms with Crippen LogP contribution in [0.4, 0.5) is 11.4 Å². The maximum absolute atomic E-state index is 12.5. The third-order valence-corrected chi connectivity index (χ3v) is 3.99. The summed E-state index contributed by atoms with van der Waals surface area (Å²) in [5.74, 6) is -0.130. The van der Waals surface area contributed by atoms with Crippen molar-refractivity contribution in [2.75, 3.05) is 24.1 Å². The van der Waals surface area contributed by atoms with Crippen LogP contribution in [-0.2, 0) is 6.54 Å². The van der Waals surface area contributed by atoms with Crippen molar-refractivity contribution in [2.45, 2.75) is 27.3 Å². The third-order valence-electron chi connectivity index (χ3n) is 3.99. The zero-order valence-electron chi connectivity index (χ0n) is 14.1. The van der Waals surface area contributed by atoms with Gasteiger partial charge >= 0.3 is 0 Å². The molecule has 0 aliphatic rings. The van der Waals surface area contributed by atoms with Crippen molar-refractivity contribution in [1.29, 1.82) is 0 Å². The topological polar surface area (TPSA) is 58.4 Å². The van der Waals surface area contributed by atoms with E-state index in [0.29, 0.717) is 11.3 Å². The highest BCUT2D eigenvalue weighted by Crippen LogP contribution is 2.17. The van der Waals surface area contributed by atoms with E-state index in [0.717, 1.165) is 30.9 Å². The molecule has 0 fully saturated rings. The van der Waals surface area contributed by atoms with E-state index in [2.05, 4.69) is 30.1 Å². The highest BCUT2D eigenvalue weighted by atomic mass is 16.1. The largest absolute Gasteiger partial charge is 0.399 e. The normalized spacial score (nSPS) is 10.8. The van der Waals surface area contributed by atoms with E-state index in [1.54, 1.807) is 12.1 Å². The van der Waals surface area contributed by atoms with Gasteiger partial charge in [0.25, 0.3) is 5.91 Å². The number of hydrogen-bond acceptors (Lipinski definition) is 3. The number of benzene rings is 2. The fraction of sp³-hybridized carbons (Fsp3) is 0.316. The molecule has 0 radical (unpaired) electrons. The van der Waals surface area contributed by atoms with Crippen LogP contribution in [-0.4, -0.2) is 23.9 Å². The van der Waals surface area contributed by atoms with Crippen LogP contribution in [0.1, 0.15) is 35.3 Å². The Morgan fingerprint density at radius 2 is 1.87 bits per heavy atom. The molecule has 0 aliphatic carbocycles. The van der Waals surface area contributed by atoms with Crippen LogP contribution < -0.4 is 11.1 Å². The van der Waals surface area contributed by atoms with Crippen molar-refractivity contribution < 1.29 is 4.79 Å². The van der Waals surface area contributed by atoms with Crippen molar-refractivity contribution in [1.82, 2.24) is 4.90 Å². The molecule has 0 spiro atoms. The second kappa shape index (κ2) is 7.79. The fourth-order valence-corrected chi connectivity index (χ4v) is 2.54. The molecule has 2 aromatic carbocycles. The zero-order chi connectivity index (χ0) is 16.8. The van der Waals surface area contributed by atoms with Gasteiger partial charge in [-0.2, -0.15) is 0 Å². The number of nitrogen functional groups attached to an aromatic ring is 1. The molecule has 0 saturated heterocycles. The van der Waals surface area contributed by atoms with Gasteiger partial charge in [-0.1, -0.05) is 32.0 Å². The lowest BCUT2D eigenvalue weighted by Crippen LogP contribution is -2.22. The average Bonchev–Trinajstić information content (AvgIpc) is 2.55. The van der Waals surface area contributed by atoms with Gasteiger partial charge in [0.05, 0.1) is 0 Å². The maximum Gasteiger partial charge on any atom is 0.256 e. The minimum absolute atomic E-state index is 0.130. The lowest BCUT2D eigenvalue weighted by Gasteiger charge is -2.18. The minimum atomic E-state index is -0.130. The Bertz CT molecular complexity index is 678. The molecule has 1 amide bonds. The number of nitrogens with one attached hydrogen (secondary N) is 1. The molecule has 0 bridgehead atoms. The smallest absolute Gasteiger partial charge is 0.256 e. The molecular weight excluding hydrogens is 286 g/mol. The van der Waals surface area contributed by atoms with Crippen LogP contribution in [0.5, 0.6) is 0 Å². The molecule has 0 aliphatic heterocycles. The summed E-state index contributed by atoms with van der Waals surface area (Å²) < 4.78 is 0. The standard InChI is InChI=1S/C19H25N3O/c1-4-22(5-2)13-15-7-6-8-17(11-15)21-19(23)18-12-16(20)10-9-14(18)3/h6-12H,4-5,13,20H2,1-3H3,(H,21,23). The summed E-state index contributed by atoms with van der Waals surface area (Å²) in [5, 5.41) is 2.96. The number of aryl methyl sites for hydroxylation is 1. The predicted molar refractivity (Wildman–Crippen MR) is 96.6 cm³/mol. The van der Waals surface area contributed by atoms with Crippen LogP contribution in [0.2, 0.25) is 0 Å². The van der Waals surface area contributed by atoms with Gasteiger partial charge in [-0.3, -0.25) is 9.69 Å². The highest BCUT2D eigenvalue weighted by molar-refractivity contribution is 6.05. The van der Waals surface area contributed by atoms with Gasteiger partial charge in [0.15, 0.2) is 0 Å². The Kier molecular flexibility index (Phi) is 5.77. The Morgan fingerprint density at radius 3 is 2.57 bits per heavy atom. The number of anilines is 2. The number of hydrogen-bond donors (Lipinski definition) is 2. The van der Waals surface area contributed by atoms with Gasteiger partial charge in [0, 0.05) is 23.5 Å². The molecule has 2 rings (SSSR count). The number of nitrogens with two attached hydrogens (primary N) is 1. The number of carbonyl (C=O) groups is 1. The number of nitrogens with zero attached hydrogens (tertiary/aromatic N) is 1. The number of carbonyl (C=O) groups excluding carboxylic acids is 1.